The van der Waals surface area contributed by atoms with Crippen LogP contribution in [0.5, 0.6) is 5.75 Å². The maximum atomic E-state index is 14.0. The molecule has 0 unspecified atom stereocenters. The van der Waals surface area contributed by atoms with Crippen LogP contribution >= 0.6 is 0 Å². The van der Waals surface area contributed by atoms with Gasteiger partial charge in [0.2, 0.25) is 0 Å². The Labute approximate surface area is 215 Å². The Morgan fingerprint density at radius 3 is 2.58 bits per heavy atom. The van der Waals surface area contributed by atoms with Gasteiger partial charge in [-0.15, -0.1) is 0 Å². The van der Waals surface area contributed by atoms with Gasteiger partial charge in [0.1, 0.15) is 23.9 Å². The first-order valence-electron chi connectivity index (χ1n) is 12.2. The van der Waals surface area contributed by atoms with E-state index in [1.807, 2.05) is 4.90 Å². The molecule has 0 saturated carbocycles. The van der Waals surface area contributed by atoms with Gasteiger partial charge in [-0.2, -0.15) is 5.10 Å². The molecule has 1 aromatic carbocycles. The molecule has 4 heterocycles. The van der Waals surface area contributed by atoms with Gasteiger partial charge in [0.05, 0.1) is 29.7 Å². The maximum absolute atomic E-state index is 14.0. The van der Waals surface area contributed by atoms with Gasteiger partial charge in [-0.25, -0.2) is 22.5 Å². The molecule has 1 saturated heterocycles. The van der Waals surface area contributed by atoms with Crippen molar-refractivity contribution < 1.29 is 27.1 Å². The number of ether oxygens (including phenoxy) is 1. The first-order chi connectivity index (χ1) is 18.2. The average Bonchev–Trinajstić information content (AvgIpc) is 3.46. The van der Waals surface area contributed by atoms with Crippen LogP contribution in [0.25, 0.3) is 5.65 Å². The minimum atomic E-state index is -2.58. The number of carbonyl (C=O) groups is 1. The number of nitrogens with one attached hydrogen (secondary N) is 1. The Kier molecular flexibility index (Phi) is 7.06. The molecule has 1 fully saturated rings. The molecule has 5 rings (SSSR count). The normalized spacial score (nSPS) is 15.6. The summed E-state index contributed by atoms with van der Waals surface area (Å²) >= 11 is 0. The molecule has 0 atom stereocenters. The van der Waals surface area contributed by atoms with E-state index in [4.69, 9.17) is 4.74 Å². The Balaban J connectivity index is 1.25. The highest BCUT2D eigenvalue weighted by molar-refractivity contribution is 6.04. The van der Waals surface area contributed by atoms with Crippen molar-refractivity contribution in [3.63, 3.8) is 0 Å². The number of aryl methyl sites for hydroxylation is 1. The van der Waals surface area contributed by atoms with Crippen molar-refractivity contribution in [2.75, 3.05) is 25.0 Å². The molecular weight excluding hydrogens is 504 g/mol. The van der Waals surface area contributed by atoms with E-state index in [2.05, 4.69) is 15.4 Å². The summed E-state index contributed by atoms with van der Waals surface area (Å²) in [6, 6.07) is 6.84. The van der Waals surface area contributed by atoms with Crippen LogP contribution in [0.4, 0.5) is 23.2 Å². The van der Waals surface area contributed by atoms with E-state index in [1.165, 1.54) is 12.3 Å². The van der Waals surface area contributed by atoms with Gasteiger partial charge >= 0.3 is 0 Å². The number of rotatable bonds is 8. The van der Waals surface area contributed by atoms with Gasteiger partial charge in [-0.05, 0) is 31.2 Å². The predicted octanol–water partition coefficient (Wildman–Crippen LogP) is 4.68. The molecule has 1 N–H and O–H groups in total. The molecule has 4 aromatic rings. The summed E-state index contributed by atoms with van der Waals surface area (Å²) < 4.78 is 63.5. The SMILES string of the molecule is Cc1nc2c(OCc3c(F)cccc3F)cccn2c1C(=O)Nc1cnn(CCN2CCC(F)(F)CC2)c1. The van der Waals surface area contributed by atoms with E-state index in [0.717, 1.165) is 12.1 Å². The van der Waals surface area contributed by atoms with E-state index in [9.17, 15) is 22.4 Å². The summed E-state index contributed by atoms with van der Waals surface area (Å²) in [5, 5.41) is 7.06. The molecule has 0 aliphatic carbocycles. The lowest BCUT2D eigenvalue weighted by molar-refractivity contribution is -0.0555. The fraction of sp³-hybridized carbons (Fsp3) is 0.346. The second kappa shape index (κ2) is 10.4. The second-order valence-electron chi connectivity index (χ2n) is 9.24. The lowest BCUT2D eigenvalue weighted by Crippen LogP contribution is -2.40. The third-order valence-corrected chi connectivity index (χ3v) is 6.56. The smallest absolute Gasteiger partial charge is 0.274 e. The minimum absolute atomic E-state index is 0.140. The monoisotopic (exact) mass is 530 g/mol. The molecule has 0 radical (unpaired) electrons. The quantitative estimate of drug-likeness (QED) is 0.335. The van der Waals surface area contributed by atoms with Gasteiger partial charge in [0, 0.05) is 44.9 Å². The highest BCUT2D eigenvalue weighted by Crippen LogP contribution is 2.28. The van der Waals surface area contributed by atoms with Crippen LogP contribution in [0, 0.1) is 18.6 Å². The minimum Gasteiger partial charge on any atom is -0.485 e. The van der Waals surface area contributed by atoms with Crippen molar-refractivity contribution >= 4 is 17.2 Å². The number of halogens is 4. The summed E-state index contributed by atoms with van der Waals surface area (Å²) in [6.45, 7) is 3.09. The zero-order valence-corrected chi connectivity index (χ0v) is 20.6. The summed E-state index contributed by atoms with van der Waals surface area (Å²) in [5.41, 5.74) is 1.30. The second-order valence-corrected chi connectivity index (χ2v) is 9.24. The van der Waals surface area contributed by atoms with Crippen molar-refractivity contribution in [1.82, 2.24) is 24.1 Å². The molecular formula is C26H26F4N6O2. The van der Waals surface area contributed by atoms with Crippen molar-refractivity contribution in [2.24, 2.45) is 0 Å². The maximum Gasteiger partial charge on any atom is 0.274 e. The number of fused-ring (bicyclic) bond motifs is 1. The molecule has 1 amide bonds. The Hall–Kier alpha value is -3.93. The van der Waals surface area contributed by atoms with Crippen LogP contribution in [0.15, 0.2) is 48.9 Å². The number of nitrogens with zero attached hydrogens (tertiary/aromatic N) is 5. The molecule has 8 nitrogen and oxygen atoms in total. The number of pyridine rings is 1. The van der Waals surface area contributed by atoms with Crippen LogP contribution in [0.3, 0.4) is 0 Å². The molecule has 0 bridgehead atoms. The van der Waals surface area contributed by atoms with Gasteiger partial charge in [0.25, 0.3) is 11.8 Å². The summed E-state index contributed by atoms with van der Waals surface area (Å²) in [5.74, 6) is -4.17. The molecule has 12 heteroatoms. The van der Waals surface area contributed by atoms with Gasteiger partial charge in [-0.1, -0.05) is 6.07 Å². The number of likely N-dealkylation sites (tertiary alicyclic amines) is 1. The number of benzene rings is 1. The van der Waals surface area contributed by atoms with E-state index < -0.39 is 23.5 Å². The fourth-order valence-corrected chi connectivity index (χ4v) is 4.45. The highest BCUT2D eigenvalue weighted by Gasteiger charge is 2.33. The number of hydrogen-bond donors (Lipinski definition) is 1. The number of amides is 1. The van der Waals surface area contributed by atoms with Crippen LogP contribution in [0.1, 0.15) is 34.6 Å². The van der Waals surface area contributed by atoms with Crippen LogP contribution in [-0.4, -0.2) is 55.5 Å². The lowest BCUT2D eigenvalue weighted by Gasteiger charge is -2.31. The number of imidazole rings is 1. The Morgan fingerprint density at radius 2 is 1.84 bits per heavy atom. The lowest BCUT2D eigenvalue weighted by atomic mass is 10.1. The predicted molar refractivity (Wildman–Crippen MR) is 131 cm³/mol. The molecule has 3 aromatic heterocycles. The molecule has 200 valence electrons. The standard InChI is InChI=1S/C26H26F4N6O2/c1-17-23(25(37)33-18-14-31-35(15-18)13-12-34-10-7-26(29,30)8-11-34)36-9-3-6-22(24(36)32-17)38-16-19-20(27)4-2-5-21(19)28/h2-6,9,14-15H,7-8,10-13,16H2,1H3,(H,33,37). The Bertz CT molecular complexity index is 1440. The number of hydrogen-bond acceptors (Lipinski definition) is 5. The topological polar surface area (TPSA) is 76.7 Å². The van der Waals surface area contributed by atoms with Crippen molar-refractivity contribution in [3.8, 4) is 5.75 Å². The number of anilines is 1. The van der Waals surface area contributed by atoms with Gasteiger partial charge in [0.15, 0.2) is 11.4 Å². The van der Waals surface area contributed by atoms with Gasteiger partial charge < -0.3 is 15.0 Å². The summed E-state index contributed by atoms with van der Waals surface area (Å²) in [4.78, 5) is 19.5. The van der Waals surface area contributed by atoms with Crippen LogP contribution in [-0.2, 0) is 13.2 Å². The van der Waals surface area contributed by atoms with Crippen molar-refractivity contribution in [1.29, 1.82) is 0 Å². The third-order valence-electron chi connectivity index (χ3n) is 6.56. The number of aromatic nitrogens is 4. The van der Waals surface area contributed by atoms with E-state index in [-0.39, 0.29) is 36.5 Å². The molecule has 38 heavy (non-hydrogen) atoms. The fourth-order valence-electron chi connectivity index (χ4n) is 4.45. The van der Waals surface area contributed by atoms with E-state index in [0.29, 0.717) is 43.2 Å². The van der Waals surface area contributed by atoms with Crippen LogP contribution in [0.2, 0.25) is 0 Å². The number of carbonyl (C=O) groups excluding carboxylic acids is 1. The number of piperidine rings is 1. The third kappa shape index (κ3) is 5.49. The first-order valence-corrected chi connectivity index (χ1v) is 12.2. The number of alkyl halides is 2. The van der Waals surface area contributed by atoms with Crippen LogP contribution < -0.4 is 10.1 Å². The highest BCUT2D eigenvalue weighted by atomic mass is 19.3. The summed E-state index contributed by atoms with van der Waals surface area (Å²) in [6.07, 6.45) is 4.55. The van der Waals surface area contributed by atoms with Gasteiger partial charge in [-0.3, -0.25) is 13.9 Å². The first kappa shape index (κ1) is 25.7. The average molecular weight is 531 g/mol. The molecule has 1 aliphatic heterocycles. The molecule has 0 spiro atoms. The Morgan fingerprint density at radius 1 is 1.11 bits per heavy atom. The zero-order valence-electron chi connectivity index (χ0n) is 20.6. The van der Waals surface area contributed by atoms with E-state index >= 15 is 0 Å². The molecule has 1 aliphatic rings. The van der Waals surface area contributed by atoms with Crippen molar-refractivity contribution in [2.45, 2.75) is 38.8 Å². The van der Waals surface area contributed by atoms with Crippen molar-refractivity contribution in [3.05, 3.63) is 77.5 Å². The summed E-state index contributed by atoms with van der Waals surface area (Å²) in [7, 11) is 0. The largest absolute Gasteiger partial charge is 0.485 e. The van der Waals surface area contributed by atoms with E-state index in [1.54, 1.807) is 40.5 Å². The zero-order chi connectivity index (χ0) is 26.9.